The summed E-state index contributed by atoms with van der Waals surface area (Å²) in [6.07, 6.45) is 0. The normalized spacial score (nSPS) is 9.55. The van der Waals surface area contributed by atoms with Crippen molar-refractivity contribution in [3.63, 3.8) is 0 Å². The molecule has 0 nitrogen and oxygen atoms in total. The van der Waals surface area contributed by atoms with Crippen LogP contribution in [-0.2, 0) is 0 Å². The average Bonchev–Trinajstić information content (AvgIpc) is 1.90. The zero-order valence-corrected chi connectivity index (χ0v) is 10.3. The first-order valence-corrected chi connectivity index (χ1v) is 6.58. The quantitative estimate of drug-likeness (QED) is 0.561. The second-order valence-electron chi connectivity index (χ2n) is 3.55. The van der Waals surface area contributed by atoms with Gasteiger partial charge in [-0.1, -0.05) is 39.5 Å². The van der Waals surface area contributed by atoms with Gasteiger partial charge in [0.2, 0.25) is 15.2 Å². The fourth-order valence-electron chi connectivity index (χ4n) is 0.763. The molecule has 63 valence electrons. The second kappa shape index (κ2) is 11.1. The summed E-state index contributed by atoms with van der Waals surface area (Å²) in [5.41, 5.74) is 2.00. The first-order valence-electron chi connectivity index (χ1n) is 4.94. The van der Waals surface area contributed by atoms with Crippen LogP contribution in [0.25, 0.3) is 0 Å². The maximum absolute atomic E-state index is 2.31. The van der Waals surface area contributed by atoms with E-state index in [0.29, 0.717) is 0 Å². The molecule has 11 heavy (non-hydrogen) atoms. The number of hydrogen-bond acceptors (Lipinski definition) is 0. The predicted molar refractivity (Wildman–Crippen MR) is 58.8 cm³/mol. The van der Waals surface area contributed by atoms with Gasteiger partial charge in [-0.3, -0.25) is 0 Å². The van der Waals surface area contributed by atoms with E-state index in [4.69, 9.17) is 0 Å². The maximum atomic E-state index is 2.31. The Labute approximate surface area is 89.9 Å². The minimum absolute atomic E-state index is 0. The van der Waals surface area contributed by atoms with Crippen LogP contribution in [0.15, 0.2) is 0 Å². The molecule has 0 saturated heterocycles. The van der Waals surface area contributed by atoms with E-state index < -0.39 is 0 Å². The third kappa shape index (κ3) is 18.2. The Morgan fingerprint density at radius 3 is 1.45 bits per heavy atom. The van der Waals surface area contributed by atoms with Crippen molar-refractivity contribution in [2.75, 3.05) is 0 Å². The average molecular weight is 165 g/mol. The molecule has 0 heterocycles. The summed E-state index contributed by atoms with van der Waals surface area (Å²) >= 11 is 2.75. The van der Waals surface area contributed by atoms with E-state index >= 15 is 0 Å². The van der Waals surface area contributed by atoms with Crippen molar-refractivity contribution < 1.29 is 1.43 Å². The summed E-state index contributed by atoms with van der Waals surface area (Å²) in [5.74, 6) is 1.86. The van der Waals surface area contributed by atoms with Crippen molar-refractivity contribution in [1.82, 2.24) is 0 Å². The third-order valence-electron chi connectivity index (χ3n) is 1.28. The Bertz CT molecular complexity index is 59.5. The Hall–Kier alpha value is 1.13. The SMILES string of the molecule is CC(C)[CH2][Al][CH2]C(C)C.[HH].[Li][CH3]. The van der Waals surface area contributed by atoms with Crippen LogP contribution in [0.5, 0.6) is 0 Å². The van der Waals surface area contributed by atoms with Crippen molar-refractivity contribution in [2.24, 2.45) is 11.8 Å². The standard InChI is InChI=1S/2C4H9.CH3.Al.Li.H2/c2*1-4(2)3;;;;/h2*4H,1H2,2-3H3;1H3;;;1H. The zero-order valence-electron chi connectivity index (χ0n) is 9.15. The van der Waals surface area contributed by atoms with E-state index in [1.54, 1.807) is 0 Å². The van der Waals surface area contributed by atoms with Gasteiger partial charge in [-0.15, -0.1) is 10.6 Å². The van der Waals surface area contributed by atoms with Crippen LogP contribution in [0.2, 0.25) is 16.2 Å². The van der Waals surface area contributed by atoms with E-state index in [-0.39, 0.29) is 1.43 Å². The topological polar surface area (TPSA) is 0 Å². The molecule has 0 aliphatic heterocycles. The summed E-state index contributed by atoms with van der Waals surface area (Å²) in [6, 6.07) is 0. The molecule has 0 fully saturated rings. The Morgan fingerprint density at radius 1 is 1.00 bits per heavy atom. The molecular formula is C9H23AlLi. The van der Waals surface area contributed by atoms with Crippen LogP contribution in [0.4, 0.5) is 0 Å². The Balaban J connectivity index is -0.000000249. The molecule has 0 aromatic carbocycles. The van der Waals surface area contributed by atoms with Gasteiger partial charge in [0.25, 0.3) is 0 Å². The van der Waals surface area contributed by atoms with E-state index in [0.717, 1.165) is 27.1 Å². The summed E-state index contributed by atoms with van der Waals surface area (Å²) < 4.78 is 0. The molecule has 0 aliphatic rings. The molecule has 0 aromatic rings. The molecule has 0 rings (SSSR count). The van der Waals surface area contributed by atoms with Gasteiger partial charge in [0.15, 0.2) is 0 Å². The van der Waals surface area contributed by atoms with Gasteiger partial charge in [-0.2, -0.15) is 0 Å². The first kappa shape index (κ1) is 14.6. The van der Waals surface area contributed by atoms with Gasteiger partial charge < -0.3 is 0 Å². The molecule has 0 aliphatic carbocycles. The summed E-state index contributed by atoms with van der Waals surface area (Å²) in [5, 5.41) is 2.97. The molecule has 0 spiro atoms. The molecule has 0 bridgehead atoms. The zero-order chi connectivity index (χ0) is 9.28. The molecule has 2 heteroatoms. The van der Waals surface area contributed by atoms with E-state index in [2.05, 4.69) is 27.7 Å². The number of rotatable bonds is 4. The molecule has 0 atom stereocenters. The summed E-state index contributed by atoms with van der Waals surface area (Å²) in [7, 11) is 0. The second-order valence-corrected chi connectivity index (χ2v) is 5.07. The Kier molecular flexibility index (Phi) is 14.8. The van der Waals surface area contributed by atoms with Crippen LogP contribution < -0.4 is 0 Å². The van der Waals surface area contributed by atoms with Crippen LogP contribution in [-0.4, -0.2) is 32.9 Å². The third-order valence-corrected chi connectivity index (χ3v) is 3.83. The number of hydrogen-bond donors (Lipinski definition) is 0. The predicted octanol–water partition coefficient (Wildman–Crippen LogP) is 3.29. The summed E-state index contributed by atoms with van der Waals surface area (Å²) in [6.45, 7) is 9.25. The van der Waals surface area contributed by atoms with Crippen LogP contribution >= 0.6 is 0 Å². The summed E-state index contributed by atoms with van der Waals surface area (Å²) in [4.78, 5) is 0. The van der Waals surface area contributed by atoms with E-state index in [9.17, 15) is 0 Å². The molecule has 0 saturated carbocycles. The first-order chi connectivity index (χ1) is 5.13. The van der Waals surface area contributed by atoms with E-state index in [1.165, 1.54) is 10.6 Å². The van der Waals surface area contributed by atoms with Crippen LogP contribution in [0.3, 0.4) is 0 Å². The monoisotopic (exact) mass is 165 g/mol. The van der Waals surface area contributed by atoms with Crippen molar-refractivity contribution in [3.05, 3.63) is 0 Å². The Morgan fingerprint density at radius 2 is 1.27 bits per heavy atom. The van der Waals surface area contributed by atoms with Gasteiger partial charge in [0.05, 0.1) is 0 Å². The van der Waals surface area contributed by atoms with Crippen LogP contribution in [0, 0.1) is 11.8 Å². The fourth-order valence-corrected chi connectivity index (χ4v) is 2.29. The molecule has 1 radical (unpaired) electrons. The van der Waals surface area contributed by atoms with Crippen LogP contribution in [0.1, 0.15) is 29.1 Å². The fraction of sp³-hybridized carbons (Fsp3) is 1.00. The molecule has 0 amide bonds. The molecule has 0 unspecified atom stereocenters. The minimum atomic E-state index is 0. The van der Waals surface area contributed by atoms with Gasteiger partial charge >= 0.3 is 23.3 Å². The van der Waals surface area contributed by atoms with Gasteiger partial charge in [-0.25, -0.2) is 0 Å². The molecule has 0 N–H and O–H groups in total. The molecular weight excluding hydrogens is 142 g/mol. The van der Waals surface area contributed by atoms with Crippen molar-refractivity contribution in [2.45, 2.75) is 43.9 Å². The van der Waals surface area contributed by atoms with Crippen molar-refractivity contribution >= 4 is 32.9 Å². The van der Waals surface area contributed by atoms with E-state index in [1.807, 2.05) is 23.3 Å². The van der Waals surface area contributed by atoms with Crippen molar-refractivity contribution in [3.8, 4) is 0 Å². The van der Waals surface area contributed by atoms with Gasteiger partial charge in [0.1, 0.15) is 0 Å². The van der Waals surface area contributed by atoms with Gasteiger partial charge in [-0.05, 0) is 0 Å². The van der Waals surface area contributed by atoms with Crippen molar-refractivity contribution in [1.29, 1.82) is 0 Å². The molecule has 0 aromatic heterocycles. The van der Waals surface area contributed by atoms with Gasteiger partial charge in [0, 0.05) is 1.43 Å².